The van der Waals surface area contributed by atoms with Gasteiger partial charge in [-0.15, -0.1) is 12.6 Å². The molecule has 0 spiro atoms. The topological polar surface area (TPSA) is 20.3 Å². The van der Waals surface area contributed by atoms with Crippen LogP contribution in [0.5, 0.6) is 0 Å². The molecule has 1 aromatic carbocycles. The predicted molar refractivity (Wildman–Crippen MR) is 81.6 cm³/mol. The van der Waals surface area contributed by atoms with Crippen LogP contribution in [0.2, 0.25) is 0 Å². The van der Waals surface area contributed by atoms with Crippen molar-refractivity contribution in [3.63, 3.8) is 0 Å². The van der Waals surface area contributed by atoms with Gasteiger partial charge in [0.1, 0.15) is 0 Å². The summed E-state index contributed by atoms with van der Waals surface area (Å²) < 4.78 is 0. The van der Waals surface area contributed by atoms with E-state index in [0.717, 1.165) is 42.3 Å². The average molecular weight is 277 g/mol. The molecule has 0 aromatic heterocycles. The van der Waals surface area contributed by atoms with Gasteiger partial charge in [-0.05, 0) is 42.9 Å². The Labute approximate surface area is 121 Å². The number of hydrogen-bond donors (Lipinski definition) is 1. The number of thiol groups is 1. The minimum Gasteiger partial charge on any atom is -0.342 e. The zero-order valence-corrected chi connectivity index (χ0v) is 12.5. The molecule has 2 rings (SSSR count). The number of likely N-dealkylation sites (tertiary alicyclic amines) is 1. The number of benzene rings is 1. The summed E-state index contributed by atoms with van der Waals surface area (Å²) >= 11 is 4.26. The van der Waals surface area contributed by atoms with Gasteiger partial charge in [0.2, 0.25) is 5.91 Å². The molecular formula is C16H23NOS. The normalized spacial score (nSPS) is 20.1. The predicted octanol–water partition coefficient (Wildman–Crippen LogP) is 3.56. The van der Waals surface area contributed by atoms with Crippen LogP contribution in [0.15, 0.2) is 29.2 Å². The third-order valence-electron chi connectivity index (χ3n) is 4.07. The Morgan fingerprint density at radius 2 is 2.00 bits per heavy atom. The van der Waals surface area contributed by atoms with E-state index in [1.165, 1.54) is 12.8 Å². The van der Waals surface area contributed by atoms with Crippen LogP contribution in [0, 0.1) is 5.92 Å². The summed E-state index contributed by atoms with van der Waals surface area (Å²) in [6.07, 6.45) is 5.35. The average Bonchev–Trinajstić information content (AvgIpc) is 2.66. The minimum atomic E-state index is 0.267. The second kappa shape index (κ2) is 6.99. The van der Waals surface area contributed by atoms with E-state index in [9.17, 15) is 4.79 Å². The van der Waals surface area contributed by atoms with E-state index in [0.29, 0.717) is 6.42 Å². The fraction of sp³-hybridized carbons (Fsp3) is 0.562. The molecule has 1 saturated heterocycles. The van der Waals surface area contributed by atoms with Crippen molar-refractivity contribution in [2.24, 2.45) is 5.92 Å². The smallest absolute Gasteiger partial charge is 0.226 e. The summed E-state index contributed by atoms with van der Waals surface area (Å²) in [5.41, 5.74) is 1.08. The van der Waals surface area contributed by atoms with Crippen LogP contribution in [-0.2, 0) is 11.2 Å². The van der Waals surface area contributed by atoms with E-state index in [4.69, 9.17) is 0 Å². The van der Waals surface area contributed by atoms with Gasteiger partial charge in [0.25, 0.3) is 0 Å². The molecule has 0 N–H and O–H groups in total. The summed E-state index contributed by atoms with van der Waals surface area (Å²) in [6.45, 7) is 4.11. The highest BCUT2D eigenvalue weighted by molar-refractivity contribution is 7.80. The quantitative estimate of drug-likeness (QED) is 0.838. The van der Waals surface area contributed by atoms with Crippen LogP contribution in [0.3, 0.4) is 0 Å². The molecule has 1 aromatic rings. The monoisotopic (exact) mass is 277 g/mol. The lowest BCUT2D eigenvalue weighted by Crippen LogP contribution is -2.33. The molecule has 1 heterocycles. The van der Waals surface area contributed by atoms with Crippen LogP contribution >= 0.6 is 12.6 Å². The first-order valence-electron chi connectivity index (χ1n) is 7.24. The number of nitrogens with zero attached hydrogens (tertiary/aromatic N) is 1. The molecule has 2 nitrogen and oxygen atoms in total. The van der Waals surface area contributed by atoms with Crippen LogP contribution in [0.25, 0.3) is 0 Å². The molecule has 1 amide bonds. The Kier molecular flexibility index (Phi) is 5.32. The number of carbonyl (C=O) groups is 1. The standard InChI is InChI=1S/C16H23NOS/c1-2-13-4-3-10-17(11-9-13)16(18)12-14-5-7-15(19)8-6-14/h5-8,13,19H,2-4,9-12H2,1H3. The summed E-state index contributed by atoms with van der Waals surface area (Å²) in [4.78, 5) is 15.3. The van der Waals surface area contributed by atoms with E-state index >= 15 is 0 Å². The maximum Gasteiger partial charge on any atom is 0.226 e. The maximum absolute atomic E-state index is 12.3. The van der Waals surface area contributed by atoms with Gasteiger partial charge in [-0.3, -0.25) is 4.79 Å². The highest BCUT2D eigenvalue weighted by atomic mass is 32.1. The Morgan fingerprint density at radius 3 is 2.68 bits per heavy atom. The lowest BCUT2D eigenvalue weighted by atomic mass is 9.98. The lowest BCUT2D eigenvalue weighted by Gasteiger charge is -2.20. The van der Waals surface area contributed by atoms with Gasteiger partial charge in [0.15, 0.2) is 0 Å². The van der Waals surface area contributed by atoms with Crippen molar-refractivity contribution in [2.45, 2.75) is 43.9 Å². The van der Waals surface area contributed by atoms with Crippen LogP contribution < -0.4 is 0 Å². The maximum atomic E-state index is 12.3. The van der Waals surface area contributed by atoms with Crippen LogP contribution in [0.4, 0.5) is 0 Å². The van der Waals surface area contributed by atoms with Gasteiger partial charge in [-0.25, -0.2) is 0 Å². The molecule has 0 saturated carbocycles. The Balaban J connectivity index is 1.90. The first kappa shape index (κ1) is 14.4. The molecule has 3 heteroatoms. The van der Waals surface area contributed by atoms with Gasteiger partial charge in [0, 0.05) is 18.0 Å². The van der Waals surface area contributed by atoms with Crippen molar-refractivity contribution in [3.05, 3.63) is 29.8 Å². The molecule has 1 unspecified atom stereocenters. The lowest BCUT2D eigenvalue weighted by molar-refractivity contribution is -0.130. The molecule has 1 aliphatic heterocycles. The van der Waals surface area contributed by atoms with E-state index < -0.39 is 0 Å². The number of hydrogen-bond acceptors (Lipinski definition) is 2. The van der Waals surface area contributed by atoms with E-state index in [1.54, 1.807) is 0 Å². The SMILES string of the molecule is CCC1CCCN(C(=O)Cc2ccc(S)cc2)CC1. The van der Waals surface area contributed by atoms with Gasteiger partial charge in [-0.1, -0.05) is 25.5 Å². The fourth-order valence-electron chi connectivity index (χ4n) is 2.72. The molecule has 1 fully saturated rings. The van der Waals surface area contributed by atoms with Crippen molar-refractivity contribution in [2.75, 3.05) is 13.1 Å². The zero-order chi connectivity index (χ0) is 13.7. The minimum absolute atomic E-state index is 0.267. The van der Waals surface area contributed by atoms with Crippen molar-refractivity contribution >= 4 is 18.5 Å². The molecular weight excluding hydrogens is 254 g/mol. The fourth-order valence-corrected chi connectivity index (χ4v) is 2.87. The molecule has 0 bridgehead atoms. The Hall–Kier alpha value is -0.960. The van der Waals surface area contributed by atoms with Crippen molar-refractivity contribution in [1.82, 2.24) is 4.90 Å². The third-order valence-corrected chi connectivity index (χ3v) is 4.37. The van der Waals surface area contributed by atoms with Gasteiger partial charge in [-0.2, -0.15) is 0 Å². The summed E-state index contributed by atoms with van der Waals surface area (Å²) in [5.74, 6) is 1.07. The van der Waals surface area contributed by atoms with E-state index in [-0.39, 0.29) is 5.91 Å². The highest BCUT2D eigenvalue weighted by Gasteiger charge is 2.19. The van der Waals surface area contributed by atoms with Crippen molar-refractivity contribution in [1.29, 1.82) is 0 Å². The van der Waals surface area contributed by atoms with Gasteiger partial charge < -0.3 is 4.90 Å². The van der Waals surface area contributed by atoms with E-state index in [2.05, 4.69) is 19.6 Å². The molecule has 1 aliphatic rings. The Morgan fingerprint density at radius 1 is 1.26 bits per heavy atom. The zero-order valence-electron chi connectivity index (χ0n) is 11.6. The largest absolute Gasteiger partial charge is 0.342 e. The summed E-state index contributed by atoms with van der Waals surface area (Å²) in [6, 6.07) is 7.88. The second-order valence-corrected chi connectivity index (χ2v) is 5.95. The van der Waals surface area contributed by atoms with E-state index in [1.807, 2.05) is 29.2 Å². The molecule has 0 aliphatic carbocycles. The Bertz CT molecular complexity index is 415. The molecule has 19 heavy (non-hydrogen) atoms. The number of carbonyl (C=O) groups excluding carboxylic acids is 1. The first-order valence-corrected chi connectivity index (χ1v) is 7.69. The summed E-state index contributed by atoms with van der Waals surface area (Å²) in [5, 5.41) is 0. The third kappa shape index (κ3) is 4.27. The van der Waals surface area contributed by atoms with Gasteiger partial charge in [0.05, 0.1) is 6.42 Å². The van der Waals surface area contributed by atoms with Crippen LogP contribution in [-0.4, -0.2) is 23.9 Å². The second-order valence-electron chi connectivity index (χ2n) is 5.43. The van der Waals surface area contributed by atoms with Crippen molar-refractivity contribution < 1.29 is 4.79 Å². The molecule has 0 radical (unpaired) electrons. The van der Waals surface area contributed by atoms with Crippen LogP contribution in [0.1, 0.15) is 38.2 Å². The number of amides is 1. The number of rotatable bonds is 3. The first-order chi connectivity index (χ1) is 9.19. The molecule has 104 valence electrons. The summed E-state index contributed by atoms with van der Waals surface area (Å²) in [7, 11) is 0. The molecule has 1 atom stereocenters. The highest BCUT2D eigenvalue weighted by Crippen LogP contribution is 2.20. The van der Waals surface area contributed by atoms with Gasteiger partial charge >= 0.3 is 0 Å². The van der Waals surface area contributed by atoms with Crippen molar-refractivity contribution in [3.8, 4) is 0 Å².